The molecule has 1 heterocycles. The van der Waals surface area contributed by atoms with Crippen LogP contribution in [-0.2, 0) is 9.59 Å². The van der Waals surface area contributed by atoms with Crippen LogP contribution < -0.4 is 16.0 Å². The first-order valence-electron chi connectivity index (χ1n) is 9.16. The number of piperidine rings is 1. The minimum Gasteiger partial charge on any atom is -0.350 e. The molecule has 1 aromatic rings. The molecule has 0 saturated carbocycles. The van der Waals surface area contributed by atoms with Crippen molar-refractivity contribution in [2.24, 2.45) is 0 Å². The Morgan fingerprint density at radius 3 is 2.14 bits per heavy atom. The summed E-state index contributed by atoms with van der Waals surface area (Å²) in [6.45, 7) is 8.55. The van der Waals surface area contributed by atoms with Gasteiger partial charge in [-0.25, -0.2) is 0 Å². The summed E-state index contributed by atoms with van der Waals surface area (Å²) in [4.78, 5) is 24.1. The molecule has 1 aliphatic rings. The van der Waals surface area contributed by atoms with Crippen LogP contribution in [-0.4, -0.2) is 28.9 Å². The summed E-state index contributed by atoms with van der Waals surface area (Å²) in [5, 5.41) is 10.1. The van der Waals surface area contributed by atoms with Crippen molar-refractivity contribution in [2.45, 2.75) is 57.7 Å². The Morgan fingerprint density at radius 1 is 1.00 bits per heavy atom. The Morgan fingerprint density at radius 2 is 1.57 bits per heavy atom. The highest BCUT2D eigenvalue weighted by atomic mass is 35.5. The van der Waals surface area contributed by atoms with Crippen LogP contribution in [0, 0.1) is 0 Å². The van der Waals surface area contributed by atoms with Crippen molar-refractivity contribution < 1.29 is 9.59 Å². The fourth-order valence-corrected chi connectivity index (χ4v) is 4.02. The lowest BCUT2D eigenvalue weighted by Gasteiger charge is -2.46. The van der Waals surface area contributed by atoms with Crippen LogP contribution in [0.25, 0.3) is 0 Å². The number of rotatable bonds is 5. The highest BCUT2D eigenvalue weighted by Gasteiger charge is 2.37. The summed E-state index contributed by atoms with van der Waals surface area (Å²) in [5.74, 6) is -0.502. The summed E-state index contributed by atoms with van der Waals surface area (Å²) in [6.07, 6.45) is 7.54. The summed E-state index contributed by atoms with van der Waals surface area (Å²) < 4.78 is 0. The van der Waals surface area contributed by atoms with Crippen LogP contribution in [0.5, 0.6) is 0 Å². The quantitative estimate of drug-likeness (QED) is 0.483. The van der Waals surface area contributed by atoms with Gasteiger partial charge in [0.1, 0.15) is 0 Å². The standard InChI is InChI=1S/C21H27Cl2N3O2/c1-20(2)12-15(13-21(3,4)26-20)25-19(28)8-6-5-7-18(27)24-14-9-10-16(22)17(23)11-14/h5-11,15,26H,12-13H2,1-4H3,(H,24,27)(H,25,28)/b7-5+,8-6+. The fourth-order valence-electron chi connectivity index (χ4n) is 3.72. The van der Waals surface area contributed by atoms with Crippen molar-refractivity contribution in [1.82, 2.24) is 10.6 Å². The van der Waals surface area contributed by atoms with Crippen LogP contribution in [0.4, 0.5) is 5.69 Å². The first-order chi connectivity index (χ1) is 13.0. The minimum atomic E-state index is -0.328. The monoisotopic (exact) mass is 423 g/mol. The number of nitrogens with one attached hydrogen (secondary N) is 3. The zero-order valence-electron chi connectivity index (χ0n) is 16.6. The van der Waals surface area contributed by atoms with Gasteiger partial charge in [-0.3, -0.25) is 9.59 Å². The molecule has 5 nitrogen and oxygen atoms in total. The van der Waals surface area contributed by atoms with E-state index in [0.29, 0.717) is 15.7 Å². The lowest BCUT2D eigenvalue weighted by atomic mass is 9.79. The first kappa shape index (κ1) is 22.5. The van der Waals surface area contributed by atoms with Crippen LogP contribution in [0.2, 0.25) is 10.0 Å². The SMILES string of the molecule is CC1(C)CC(NC(=O)/C=C/C=C/C(=O)Nc2ccc(Cl)c(Cl)c2)CC(C)(C)N1. The maximum Gasteiger partial charge on any atom is 0.248 e. The molecule has 0 aromatic heterocycles. The van der Waals surface area contributed by atoms with Crippen molar-refractivity contribution in [3.05, 3.63) is 52.5 Å². The number of hydrogen-bond donors (Lipinski definition) is 3. The van der Waals surface area contributed by atoms with E-state index >= 15 is 0 Å². The molecule has 0 bridgehead atoms. The summed E-state index contributed by atoms with van der Waals surface area (Å²) in [6, 6.07) is 4.94. The number of amides is 2. The molecule has 3 N–H and O–H groups in total. The molecule has 0 unspecified atom stereocenters. The molecule has 2 amide bonds. The Labute approximate surface area is 176 Å². The van der Waals surface area contributed by atoms with E-state index < -0.39 is 0 Å². The van der Waals surface area contributed by atoms with E-state index in [4.69, 9.17) is 23.2 Å². The number of allylic oxidation sites excluding steroid dienone is 2. The van der Waals surface area contributed by atoms with Crippen LogP contribution in [0.3, 0.4) is 0 Å². The van der Waals surface area contributed by atoms with E-state index in [1.165, 1.54) is 18.2 Å². The number of carbonyl (C=O) groups is 2. The van der Waals surface area contributed by atoms with E-state index in [-0.39, 0.29) is 28.9 Å². The zero-order chi connectivity index (χ0) is 20.9. The second kappa shape index (κ2) is 9.12. The Bertz CT molecular complexity index is 785. The average molecular weight is 424 g/mol. The molecule has 0 aliphatic carbocycles. The van der Waals surface area contributed by atoms with Gasteiger partial charge in [0.2, 0.25) is 11.8 Å². The van der Waals surface area contributed by atoms with E-state index in [0.717, 1.165) is 12.8 Å². The Hall–Kier alpha value is -1.82. The third-order valence-corrected chi connectivity index (χ3v) is 5.07. The van der Waals surface area contributed by atoms with Gasteiger partial charge in [-0.15, -0.1) is 0 Å². The van der Waals surface area contributed by atoms with Gasteiger partial charge in [-0.2, -0.15) is 0 Å². The smallest absolute Gasteiger partial charge is 0.248 e. The fraction of sp³-hybridized carbons (Fsp3) is 0.429. The second-order valence-electron chi connectivity index (χ2n) is 8.34. The minimum absolute atomic E-state index is 0.0357. The van der Waals surface area contributed by atoms with Crippen LogP contribution in [0.15, 0.2) is 42.5 Å². The second-order valence-corrected chi connectivity index (χ2v) is 9.16. The van der Waals surface area contributed by atoms with Crippen LogP contribution in [0.1, 0.15) is 40.5 Å². The number of hydrogen-bond acceptors (Lipinski definition) is 3. The molecule has 1 aromatic carbocycles. The molecule has 28 heavy (non-hydrogen) atoms. The Kier molecular flexibility index (Phi) is 7.32. The molecule has 7 heteroatoms. The topological polar surface area (TPSA) is 70.2 Å². The van der Waals surface area contributed by atoms with Crippen molar-refractivity contribution in [3.63, 3.8) is 0 Å². The zero-order valence-corrected chi connectivity index (χ0v) is 18.1. The molecule has 1 fully saturated rings. The van der Waals surface area contributed by atoms with Crippen molar-refractivity contribution >= 4 is 40.7 Å². The van der Waals surface area contributed by atoms with Gasteiger partial charge in [-0.05, 0) is 58.7 Å². The van der Waals surface area contributed by atoms with E-state index in [9.17, 15) is 9.59 Å². The van der Waals surface area contributed by atoms with Gasteiger partial charge in [-0.1, -0.05) is 35.4 Å². The van der Waals surface area contributed by atoms with Gasteiger partial charge in [0.15, 0.2) is 0 Å². The van der Waals surface area contributed by atoms with Gasteiger partial charge >= 0.3 is 0 Å². The average Bonchev–Trinajstić information content (AvgIpc) is 2.52. The molecular weight excluding hydrogens is 397 g/mol. The molecule has 2 rings (SSSR count). The third kappa shape index (κ3) is 7.30. The van der Waals surface area contributed by atoms with Crippen molar-refractivity contribution in [3.8, 4) is 0 Å². The highest BCUT2D eigenvalue weighted by Crippen LogP contribution is 2.28. The van der Waals surface area contributed by atoms with Crippen molar-refractivity contribution in [1.29, 1.82) is 0 Å². The van der Waals surface area contributed by atoms with Crippen molar-refractivity contribution in [2.75, 3.05) is 5.32 Å². The first-order valence-corrected chi connectivity index (χ1v) is 9.92. The van der Waals surface area contributed by atoms with Gasteiger partial charge in [0, 0.05) is 35.0 Å². The molecule has 0 spiro atoms. The summed E-state index contributed by atoms with van der Waals surface area (Å²) >= 11 is 11.8. The predicted molar refractivity (Wildman–Crippen MR) is 116 cm³/mol. The van der Waals surface area contributed by atoms with E-state index in [2.05, 4.69) is 43.6 Å². The summed E-state index contributed by atoms with van der Waals surface area (Å²) in [5.41, 5.74) is 0.472. The normalized spacial score (nSPS) is 19.1. The molecule has 0 radical (unpaired) electrons. The largest absolute Gasteiger partial charge is 0.350 e. The number of anilines is 1. The third-order valence-electron chi connectivity index (χ3n) is 4.33. The summed E-state index contributed by atoms with van der Waals surface area (Å²) in [7, 11) is 0. The highest BCUT2D eigenvalue weighted by molar-refractivity contribution is 6.42. The molecule has 1 aliphatic heterocycles. The predicted octanol–water partition coefficient (Wildman–Crippen LogP) is 4.47. The molecule has 152 valence electrons. The van der Waals surface area contributed by atoms with E-state index in [1.807, 2.05) is 0 Å². The maximum atomic E-state index is 12.2. The molecule has 1 saturated heterocycles. The van der Waals surface area contributed by atoms with E-state index in [1.54, 1.807) is 24.3 Å². The maximum absolute atomic E-state index is 12.2. The lowest BCUT2D eigenvalue weighted by molar-refractivity contribution is -0.117. The van der Waals surface area contributed by atoms with Gasteiger partial charge < -0.3 is 16.0 Å². The molecule has 0 atom stereocenters. The Balaban J connectivity index is 1.83. The van der Waals surface area contributed by atoms with Crippen LogP contribution >= 0.6 is 23.2 Å². The number of carbonyl (C=O) groups excluding carboxylic acids is 2. The van der Waals surface area contributed by atoms with Gasteiger partial charge in [0.05, 0.1) is 10.0 Å². The molecular formula is C21H27Cl2N3O2. The number of halogens is 2. The van der Waals surface area contributed by atoms with Gasteiger partial charge in [0.25, 0.3) is 0 Å². The lowest BCUT2D eigenvalue weighted by Crippen LogP contribution is -2.62. The number of benzene rings is 1.